The number of rotatable bonds is 3. The smallest absolute Gasteiger partial charge is 0.235 e. The van der Waals surface area contributed by atoms with Gasteiger partial charge in [-0.15, -0.1) is 0 Å². The van der Waals surface area contributed by atoms with Crippen molar-refractivity contribution < 1.29 is 24.6 Å². The van der Waals surface area contributed by atoms with Crippen LogP contribution in [0.5, 0.6) is 0 Å². The summed E-state index contributed by atoms with van der Waals surface area (Å²) in [4.78, 5) is 39.6. The van der Waals surface area contributed by atoms with Gasteiger partial charge in [0.1, 0.15) is 17.3 Å². The lowest BCUT2D eigenvalue weighted by molar-refractivity contribution is -0.146. The van der Waals surface area contributed by atoms with Crippen LogP contribution in [0.25, 0.3) is 0 Å². The van der Waals surface area contributed by atoms with Gasteiger partial charge in [0.25, 0.3) is 0 Å². The van der Waals surface area contributed by atoms with Gasteiger partial charge >= 0.3 is 0 Å². The monoisotopic (exact) mass is 417 g/mol. The molecule has 1 fully saturated rings. The highest BCUT2D eigenvalue weighted by atomic mass is 16.3. The predicted molar refractivity (Wildman–Crippen MR) is 113 cm³/mol. The number of carbonyl (C=O) groups excluding carboxylic acids is 3. The first-order valence-electron chi connectivity index (χ1n) is 11.2. The Bertz CT molecular complexity index is 782. The van der Waals surface area contributed by atoms with Crippen molar-refractivity contribution in [1.29, 1.82) is 0 Å². The Kier molecular flexibility index (Phi) is 6.68. The van der Waals surface area contributed by atoms with Gasteiger partial charge in [-0.2, -0.15) is 0 Å². The maximum absolute atomic E-state index is 13.7. The number of aliphatic hydroxyl groups is 2. The molecule has 1 saturated heterocycles. The molecule has 6 heteroatoms. The summed E-state index contributed by atoms with van der Waals surface area (Å²) in [5.74, 6) is -1.35. The third kappa shape index (κ3) is 3.80. The molecule has 30 heavy (non-hydrogen) atoms. The fraction of sp³-hybridized carbons (Fsp3) is 0.708. The molecule has 0 radical (unpaired) electrons. The molecule has 0 bridgehead atoms. The lowest BCUT2D eigenvalue weighted by Crippen LogP contribution is -2.52. The van der Waals surface area contributed by atoms with Gasteiger partial charge in [0.2, 0.25) is 5.91 Å². The average Bonchev–Trinajstić information content (AvgIpc) is 2.97. The van der Waals surface area contributed by atoms with Gasteiger partial charge in [0.05, 0.1) is 6.61 Å². The Morgan fingerprint density at radius 3 is 2.50 bits per heavy atom. The second-order valence-electron chi connectivity index (χ2n) is 9.78. The van der Waals surface area contributed by atoms with Crippen molar-refractivity contribution in [2.24, 2.45) is 29.1 Å². The number of Topliss-reactive ketones (excluding diaryl/α,β-unsaturated/α-hetero) is 2. The number of hydrogen-bond donors (Lipinski definition) is 3. The summed E-state index contributed by atoms with van der Waals surface area (Å²) in [5, 5.41) is 23.3. The van der Waals surface area contributed by atoms with Crippen LogP contribution in [0.4, 0.5) is 0 Å². The molecule has 2 aliphatic carbocycles. The lowest BCUT2D eigenvalue weighted by Gasteiger charge is -2.45. The van der Waals surface area contributed by atoms with Crippen LogP contribution in [-0.2, 0) is 14.4 Å². The van der Waals surface area contributed by atoms with Crippen molar-refractivity contribution in [2.75, 3.05) is 6.61 Å². The molecule has 166 valence electrons. The third-order valence-electron chi connectivity index (χ3n) is 7.31. The van der Waals surface area contributed by atoms with E-state index in [1.807, 2.05) is 26.0 Å². The summed E-state index contributed by atoms with van der Waals surface area (Å²) in [6.07, 6.45) is 4.26. The number of hydrogen-bond acceptors (Lipinski definition) is 5. The molecule has 1 spiro atoms. The predicted octanol–water partition coefficient (Wildman–Crippen LogP) is 2.34. The normalized spacial score (nSPS) is 37.7. The quantitative estimate of drug-likeness (QED) is 0.483. The molecule has 0 saturated carbocycles. The number of nitrogens with one attached hydrogen (secondary N) is 1. The SMILES string of the molecule is CC1=C[C@H]2C=C(CO)[C@@H](C)[C@H]3[C@H](CC(C)C)NC(=O)[C@@]23C(=O)CCC(=O)[C@H](O)CC1. The van der Waals surface area contributed by atoms with E-state index in [9.17, 15) is 24.6 Å². The molecule has 1 aliphatic heterocycles. The van der Waals surface area contributed by atoms with Crippen LogP contribution in [0, 0.1) is 29.1 Å². The van der Waals surface area contributed by atoms with Crippen molar-refractivity contribution in [1.82, 2.24) is 5.32 Å². The zero-order valence-corrected chi connectivity index (χ0v) is 18.5. The summed E-state index contributed by atoms with van der Waals surface area (Å²) >= 11 is 0. The van der Waals surface area contributed by atoms with Crippen molar-refractivity contribution in [3.8, 4) is 0 Å². The van der Waals surface area contributed by atoms with Crippen LogP contribution in [0.15, 0.2) is 23.3 Å². The topological polar surface area (TPSA) is 104 Å². The van der Waals surface area contributed by atoms with Crippen LogP contribution >= 0.6 is 0 Å². The Labute approximate surface area is 178 Å². The molecule has 3 N–H and O–H groups in total. The number of carbonyl (C=O) groups is 3. The average molecular weight is 418 g/mol. The van der Waals surface area contributed by atoms with E-state index in [-0.39, 0.29) is 54.8 Å². The first kappa shape index (κ1) is 22.9. The van der Waals surface area contributed by atoms with Gasteiger partial charge in [-0.3, -0.25) is 14.4 Å². The standard InChI is InChI=1S/C24H35NO5/c1-13(2)9-18-22-15(4)16(12-26)11-17-10-14(3)5-6-19(27)20(28)7-8-21(29)24(17,22)23(30)25-18/h10-11,13,15,17-19,22,26-27H,5-9,12H2,1-4H3,(H,25,30)/t15-,17+,18+,19-,22+,24-/m1/s1. The van der Waals surface area contributed by atoms with Crippen LogP contribution in [0.2, 0.25) is 0 Å². The second kappa shape index (κ2) is 8.75. The molecule has 3 aliphatic rings. The van der Waals surface area contributed by atoms with Gasteiger partial charge in [-0.1, -0.05) is 38.5 Å². The van der Waals surface area contributed by atoms with Crippen LogP contribution in [0.1, 0.15) is 59.8 Å². The van der Waals surface area contributed by atoms with Crippen molar-refractivity contribution >= 4 is 17.5 Å². The Morgan fingerprint density at radius 2 is 1.87 bits per heavy atom. The van der Waals surface area contributed by atoms with E-state index in [1.54, 1.807) is 0 Å². The zero-order chi connectivity index (χ0) is 22.2. The molecule has 0 aromatic carbocycles. The highest BCUT2D eigenvalue weighted by molar-refractivity contribution is 6.10. The molecule has 6 atom stereocenters. The highest BCUT2D eigenvalue weighted by Gasteiger charge is 2.65. The van der Waals surface area contributed by atoms with Gasteiger partial charge < -0.3 is 15.5 Å². The van der Waals surface area contributed by atoms with Gasteiger partial charge in [0.15, 0.2) is 5.78 Å². The van der Waals surface area contributed by atoms with E-state index < -0.39 is 17.4 Å². The number of ketones is 2. The minimum Gasteiger partial charge on any atom is -0.392 e. The molecule has 0 unspecified atom stereocenters. The van der Waals surface area contributed by atoms with Gasteiger partial charge in [-0.25, -0.2) is 0 Å². The molecule has 3 rings (SSSR count). The largest absolute Gasteiger partial charge is 0.392 e. The summed E-state index contributed by atoms with van der Waals surface area (Å²) in [7, 11) is 0. The van der Waals surface area contributed by atoms with Crippen LogP contribution in [-0.4, -0.2) is 46.4 Å². The first-order valence-corrected chi connectivity index (χ1v) is 11.2. The van der Waals surface area contributed by atoms with Crippen LogP contribution < -0.4 is 5.32 Å². The molecule has 1 heterocycles. The summed E-state index contributed by atoms with van der Waals surface area (Å²) in [6, 6.07) is -0.158. The molecule has 6 nitrogen and oxygen atoms in total. The molecule has 0 aromatic heterocycles. The van der Waals surface area contributed by atoms with E-state index in [0.29, 0.717) is 18.8 Å². The summed E-state index contributed by atoms with van der Waals surface area (Å²) in [5.41, 5.74) is 0.519. The third-order valence-corrected chi connectivity index (χ3v) is 7.31. The summed E-state index contributed by atoms with van der Waals surface area (Å²) < 4.78 is 0. The summed E-state index contributed by atoms with van der Waals surface area (Å²) in [6.45, 7) is 7.97. The number of amides is 1. The van der Waals surface area contributed by atoms with Crippen LogP contribution in [0.3, 0.4) is 0 Å². The number of aliphatic hydroxyl groups excluding tert-OH is 2. The molecule has 1 amide bonds. The van der Waals surface area contributed by atoms with Crippen molar-refractivity contribution in [3.63, 3.8) is 0 Å². The first-order chi connectivity index (χ1) is 14.1. The Balaban J connectivity index is 2.18. The Hall–Kier alpha value is -1.79. The second-order valence-corrected chi connectivity index (χ2v) is 9.78. The van der Waals surface area contributed by atoms with E-state index >= 15 is 0 Å². The van der Waals surface area contributed by atoms with Crippen molar-refractivity contribution in [3.05, 3.63) is 23.3 Å². The maximum atomic E-state index is 13.7. The minimum absolute atomic E-state index is 0.0483. The molecule has 0 aromatic rings. The van der Waals surface area contributed by atoms with E-state index in [1.165, 1.54) is 0 Å². The van der Waals surface area contributed by atoms with E-state index in [2.05, 4.69) is 19.2 Å². The molecular formula is C24H35NO5. The Morgan fingerprint density at radius 1 is 1.17 bits per heavy atom. The van der Waals surface area contributed by atoms with E-state index in [4.69, 9.17) is 0 Å². The van der Waals surface area contributed by atoms with E-state index in [0.717, 1.165) is 17.6 Å². The fourth-order valence-corrected chi connectivity index (χ4v) is 5.82. The van der Waals surface area contributed by atoms with Crippen molar-refractivity contribution in [2.45, 2.75) is 71.9 Å². The van der Waals surface area contributed by atoms with Gasteiger partial charge in [-0.05, 0) is 43.6 Å². The highest BCUT2D eigenvalue weighted by Crippen LogP contribution is 2.55. The lowest BCUT2D eigenvalue weighted by atomic mass is 9.54. The maximum Gasteiger partial charge on any atom is 0.235 e. The minimum atomic E-state index is -1.27. The molecular weight excluding hydrogens is 382 g/mol. The zero-order valence-electron chi connectivity index (χ0n) is 18.5. The van der Waals surface area contributed by atoms with Gasteiger partial charge in [0, 0.05) is 30.7 Å². The number of allylic oxidation sites excluding steroid dienone is 3. The fourth-order valence-electron chi connectivity index (χ4n) is 5.82.